The molecule has 14 heteroatoms. The molecule has 1 amide bonds. The molecule has 2 N–H and O–H groups in total. The van der Waals surface area contributed by atoms with Crippen LogP contribution < -0.4 is 20.3 Å². The van der Waals surface area contributed by atoms with Crippen molar-refractivity contribution >= 4 is 63.1 Å². The number of likely N-dealkylation sites (N-methyl/N-ethyl adjacent to an activating group) is 1. The molecule has 0 aliphatic carbocycles. The SMILES string of the molecule is COc1cc(N2CCN(C(=O)CN(C)C)CC2)ccc1Nc1ncnc(Nc2ccccc2S(=O)(=O)I)n1. The fourth-order valence-corrected chi connectivity index (χ4v) is 5.78. The van der Waals surface area contributed by atoms with Crippen LogP contribution in [0.5, 0.6) is 5.75 Å². The Balaban J connectivity index is 1.45. The standard InChI is InChI=1S/C24H29IN8O4S/c1-31(2)15-22(34)33-12-10-32(11-13-33)17-8-9-18(20(14-17)37-3)28-23-26-16-27-24(30-23)29-19-6-4-5-7-21(19)38(25,35)36/h4-9,14,16H,10-13,15H2,1-3H3,(H2,26,27,28,29,30). The van der Waals surface area contributed by atoms with Gasteiger partial charge >= 0.3 is 0 Å². The van der Waals surface area contributed by atoms with Crippen molar-refractivity contribution in [3.05, 3.63) is 48.8 Å². The van der Waals surface area contributed by atoms with Gasteiger partial charge in [0.2, 0.25) is 24.8 Å². The minimum absolute atomic E-state index is 0.135. The minimum atomic E-state index is -3.47. The Kier molecular flexibility index (Phi) is 8.83. The van der Waals surface area contributed by atoms with E-state index in [0.29, 0.717) is 36.8 Å². The van der Waals surface area contributed by atoms with Crippen molar-refractivity contribution in [2.24, 2.45) is 0 Å². The molecular weight excluding hydrogens is 623 g/mol. The summed E-state index contributed by atoms with van der Waals surface area (Å²) in [6, 6.07) is 12.3. The summed E-state index contributed by atoms with van der Waals surface area (Å²) in [7, 11) is 1.90. The number of rotatable bonds is 9. The van der Waals surface area contributed by atoms with Gasteiger partial charge in [0.25, 0.3) is 0 Å². The molecule has 202 valence electrons. The van der Waals surface area contributed by atoms with Gasteiger partial charge in [-0.25, -0.2) is 18.4 Å². The number of ether oxygens (including phenoxy) is 1. The summed E-state index contributed by atoms with van der Waals surface area (Å²) in [6.07, 6.45) is 1.33. The van der Waals surface area contributed by atoms with Crippen molar-refractivity contribution in [3.8, 4) is 5.75 Å². The molecule has 38 heavy (non-hydrogen) atoms. The Hall–Kier alpha value is -3.24. The Bertz CT molecular complexity index is 1400. The van der Waals surface area contributed by atoms with Crippen LogP contribution in [-0.2, 0) is 11.8 Å². The van der Waals surface area contributed by atoms with Crippen LogP contribution in [0.15, 0.2) is 53.7 Å². The maximum absolute atomic E-state index is 12.3. The highest BCUT2D eigenvalue weighted by Crippen LogP contribution is 2.32. The molecular formula is C24H29IN8O4S. The number of nitrogens with zero attached hydrogens (tertiary/aromatic N) is 6. The number of carbonyl (C=O) groups is 1. The second-order valence-corrected chi connectivity index (χ2v) is 13.6. The molecule has 4 rings (SSSR count). The highest BCUT2D eigenvalue weighted by Gasteiger charge is 2.22. The van der Waals surface area contributed by atoms with E-state index in [-0.39, 0.29) is 22.7 Å². The van der Waals surface area contributed by atoms with Gasteiger partial charge in [-0.05, 0) is 38.4 Å². The predicted octanol–water partition coefficient (Wildman–Crippen LogP) is 2.70. The molecule has 0 spiro atoms. The lowest BCUT2D eigenvalue weighted by atomic mass is 10.2. The second kappa shape index (κ2) is 12.1. The smallest absolute Gasteiger partial charge is 0.236 e. The van der Waals surface area contributed by atoms with Gasteiger partial charge in [-0.2, -0.15) is 4.98 Å². The van der Waals surface area contributed by atoms with Gasteiger partial charge in [-0.15, -0.1) is 0 Å². The molecule has 1 aliphatic heterocycles. The van der Waals surface area contributed by atoms with E-state index in [2.05, 4.69) is 30.5 Å². The average Bonchev–Trinajstić information content (AvgIpc) is 2.88. The number of piperazine rings is 1. The zero-order chi connectivity index (χ0) is 27.3. The molecule has 0 saturated carbocycles. The van der Waals surface area contributed by atoms with Gasteiger partial charge in [0.05, 0.1) is 46.2 Å². The Morgan fingerprint density at radius 2 is 1.68 bits per heavy atom. The molecule has 0 radical (unpaired) electrons. The summed E-state index contributed by atoms with van der Waals surface area (Å²) in [5.74, 6) is 1.19. The van der Waals surface area contributed by atoms with Crippen LogP contribution in [0.1, 0.15) is 0 Å². The second-order valence-electron chi connectivity index (χ2n) is 8.81. The number of benzene rings is 2. The number of methoxy groups -OCH3 is 1. The maximum Gasteiger partial charge on any atom is 0.236 e. The van der Waals surface area contributed by atoms with E-state index in [0.717, 1.165) is 18.8 Å². The Labute approximate surface area is 233 Å². The highest BCUT2D eigenvalue weighted by atomic mass is 127. The highest BCUT2D eigenvalue weighted by molar-refractivity contribution is 14.2. The third kappa shape index (κ3) is 6.99. The first-order valence-electron chi connectivity index (χ1n) is 11.8. The van der Waals surface area contributed by atoms with Crippen LogP contribution >= 0.6 is 21.2 Å². The van der Waals surface area contributed by atoms with Crippen LogP contribution in [-0.4, -0.2) is 93.0 Å². The van der Waals surface area contributed by atoms with Gasteiger partial charge in [0.15, 0.2) is 0 Å². The van der Waals surface area contributed by atoms with Gasteiger partial charge < -0.3 is 30.1 Å². The Morgan fingerprint density at radius 3 is 2.32 bits per heavy atom. The molecule has 2 aromatic carbocycles. The van der Waals surface area contributed by atoms with Gasteiger partial charge in [-0.3, -0.25) is 4.79 Å². The summed E-state index contributed by atoms with van der Waals surface area (Å²) >= 11 is 1.40. The maximum atomic E-state index is 12.3. The number of nitrogens with one attached hydrogen (secondary N) is 2. The first-order chi connectivity index (χ1) is 18.1. The quantitative estimate of drug-likeness (QED) is 0.261. The van der Waals surface area contributed by atoms with E-state index < -0.39 is 7.01 Å². The number of hydrogen-bond donors (Lipinski definition) is 2. The van der Waals surface area contributed by atoms with Crippen molar-refractivity contribution in [3.63, 3.8) is 0 Å². The van der Waals surface area contributed by atoms with E-state index in [4.69, 9.17) is 4.74 Å². The van der Waals surface area contributed by atoms with Crippen molar-refractivity contribution in [1.29, 1.82) is 0 Å². The summed E-state index contributed by atoms with van der Waals surface area (Å²) in [5.41, 5.74) is 2.01. The number of anilines is 5. The minimum Gasteiger partial charge on any atom is -0.494 e. The third-order valence-electron chi connectivity index (χ3n) is 5.85. The van der Waals surface area contributed by atoms with Gasteiger partial charge in [0.1, 0.15) is 17.0 Å². The molecule has 3 aromatic rings. The first kappa shape index (κ1) is 27.8. The molecule has 0 unspecified atom stereocenters. The van der Waals surface area contributed by atoms with Crippen LogP contribution in [0.4, 0.5) is 29.0 Å². The largest absolute Gasteiger partial charge is 0.494 e. The van der Waals surface area contributed by atoms with Crippen molar-refractivity contribution in [1.82, 2.24) is 24.8 Å². The molecule has 1 aliphatic rings. The van der Waals surface area contributed by atoms with Crippen molar-refractivity contribution < 1.29 is 17.9 Å². The molecule has 2 heterocycles. The normalized spacial score (nSPS) is 13.9. The molecule has 1 aromatic heterocycles. The number of halogens is 1. The fraction of sp³-hybridized carbons (Fsp3) is 0.333. The zero-order valence-corrected chi connectivity index (χ0v) is 24.2. The topological polar surface area (TPSA) is 133 Å². The number of hydrogen-bond acceptors (Lipinski definition) is 11. The van der Waals surface area contributed by atoms with Crippen molar-refractivity contribution in [2.45, 2.75) is 4.90 Å². The number of amides is 1. The van der Waals surface area contributed by atoms with E-state index in [1.807, 2.05) is 42.1 Å². The first-order valence-corrected chi connectivity index (χ1v) is 15.8. The zero-order valence-electron chi connectivity index (χ0n) is 21.3. The van der Waals surface area contributed by atoms with Crippen LogP contribution in [0.25, 0.3) is 0 Å². The molecule has 0 bridgehead atoms. The lowest BCUT2D eigenvalue weighted by Gasteiger charge is -2.36. The van der Waals surface area contributed by atoms with Crippen LogP contribution in [0.2, 0.25) is 0 Å². The van der Waals surface area contributed by atoms with E-state index in [1.54, 1.807) is 25.3 Å². The summed E-state index contributed by atoms with van der Waals surface area (Å²) in [5, 5.41) is 6.09. The van der Waals surface area contributed by atoms with E-state index in [1.165, 1.54) is 33.6 Å². The van der Waals surface area contributed by atoms with Crippen molar-refractivity contribution in [2.75, 3.05) is 69.5 Å². The molecule has 0 atom stereocenters. The summed E-state index contributed by atoms with van der Waals surface area (Å²) < 4.78 is 29.8. The number of para-hydroxylation sites is 1. The summed E-state index contributed by atoms with van der Waals surface area (Å²) in [4.78, 5) is 31.1. The summed E-state index contributed by atoms with van der Waals surface area (Å²) in [6.45, 7) is 3.19. The fourth-order valence-electron chi connectivity index (χ4n) is 4.00. The van der Waals surface area contributed by atoms with E-state index >= 15 is 0 Å². The molecule has 1 saturated heterocycles. The van der Waals surface area contributed by atoms with Crippen LogP contribution in [0, 0.1) is 0 Å². The Morgan fingerprint density at radius 1 is 1.03 bits per heavy atom. The number of aromatic nitrogens is 3. The van der Waals surface area contributed by atoms with E-state index in [9.17, 15) is 13.2 Å². The van der Waals surface area contributed by atoms with Crippen LogP contribution in [0.3, 0.4) is 0 Å². The molecule has 1 fully saturated rings. The van der Waals surface area contributed by atoms with Gasteiger partial charge in [-0.1, -0.05) is 12.1 Å². The predicted molar refractivity (Wildman–Crippen MR) is 154 cm³/mol. The lowest BCUT2D eigenvalue weighted by Crippen LogP contribution is -2.50. The number of carbonyl (C=O) groups excluding carboxylic acids is 1. The monoisotopic (exact) mass is 652 g/mol. The molecule has 12 nitrogen and oxygen atoms in total. The third-order valence-corrected chi connectivity index (χ3v) is 8.15. The van der Waals surface area contributed by atoms with Gasteiger partial charge in [0, 0.05) is 37.9 Å². The average molecular weight is 653 g/mol. The lowest BCUT2D eigenvalue weighted by molar-refractivity contribution is -0.132.